The summed E-state index contributed by atoms with van der Waals surface area (Å²) >= 11 is 0. The number of anilines is 1. The largest absolute Gasteiger partial charge is 0.497 e. The van der Waals surface area contributed by atoms with E-state index in [4.69, 9.17) is 14.2 Å². The highest BCUT2D eigenvalue weighted by molar-refractivity contribution is 5.95. The van der Waals surface area contributed by atoms with E-state index in [1.54, 1.807) is 56.7 Å². The zero-order valence-electron chi connectivity index (χ0n) is 14.4. The van der Waals surface area contributed by atoms with Crippen LogP contribution < -0.4 is 19.5 Å². The Morgan fingerprint density at radius 1 is 1.08 bits per heavy atom. The van der Waals surface area contributed by atoms with Gasteiger partial charge in [0.05, 0.1) is 33.1 Å². The minimum atomic E-state index is -0.883. The quantitative estimate of drug-likeness (QED) is 0.838. The van der Waals surface area contributed by atoms with E-state index in [9.17, 15) is 10.1 Å². The van der Waals surface area contributed by atoms with Gasteiger partial charge in [-0.25, -0.2) is 0 Å². The molecule has 6 nitrogen and oxygen atoms in total. The van der Waals surface area contributed by atoms with Crippen LogP contribution in [0.4, 0.5) is 5.69 Å². The van der Waals surface area contributed by atoms with E-state index < -0.39 is 11.8 Å². The second-order valence-corrected chi connectivity index (χ2v) is 5.25. The molecule has 0 saturated carbocycles. The molecular weight excluding hydrogens is 320 g/mol. The lowest BCUT2D eigenvalue weighted by atomic mass is 9.98. The van der Waals surface area contributed by atoms with Gasteiger partial charge in [0.25, 0.3) is 0 Å². The third-order valence-electron chi connectivity index (χ3n) is 3.75. The van der Waals surface area contributed by atoms with E-state index in [1.807, 2.05) is 6.07 Å². The summed E-state index contributed by atoms with van der Waals surface area (Å²) < 4.78 is 15.7. The van der Waals surface area contributed by atoms with Crippen LogP contribution in [0, 0.1) is 17.2 Å². The van der Waals surface area contributed by atoms with Crippen LogP contribution in [0.1, 0.15) is 5.56 Å². The Hall–Kier alpha value is -3.20. The topological polar surface area (TPSA) is 80.6 Å². The predicted molar refractivity (Wildman–Crippen MR) is 94.0 cm³/mol. The van der Waals surface area contributed by atoms with E-state index in [-0.39, 0.29) is 6.42 Å². The molecule has 0 aliphatic carbocycles. The van der Waals surface area contributed by atoms with Gasteiger partial charge in [0.15, 0.2) is 0 Å². The lowest BCUT2D eigenvalue weighted by molar-refractivity contribution is -0.118. The fourth-order valence-electron chi connectivity index (χ4n) is 2.43. The van der Waals surface area contributed by atoms with Crippen molar-refractivity contribution in [2.24, 2.45) is 5.92 Å². The highest BCUT2D eigenvalue weighted by Gasteiger charge is 2.22. The molecule has 2 rings (SSSR count). The fraction of sp³-hybridized carbons (Fsp3) is 0.263. The molecule has 0 radical (unpaired) electrons. The molecule has 1 N–H and O–H groups in total. The van der Waals surface area contributed by atoms with Gasteiger partial charge in [-0.15, -0.1) is 0 Å². The normalized spacial score (nSPS) is 11.1. The number of rotatable bonds is 7. The smallest absolute Gasteiger partial charge is 0.242 e. The van der Waals surface area contributed by atoms with Gasteiger partial charge in [-0.2, -0.15) is 5.26 Å². The molecule has 1 amide bonds. The summed E-state index contributed by atoms with van der Waals surface area (Å²) in [6, 6.07) is 14.4. The molecule has 0 aromatic heterocycles. The number of hydrogen-bond acceptors (Lipinski definition) is 5. The Morgan fingerprint density at radius 3 is 2.44 bits per heavy atom. The summed E-state index contributed by atoms with van der Waals surface area (Å²) in [6.07, 6.45) is 0.206. The van der Waals surface area contributed by atoms with Crippen LogP contribution in [0.2, 0.25) is 0 Å². The van der Waals surface area contributed by atoms with Crippen LogP contribution in [-0.4, -0.2) is 27.2 Å². The second-order valence-electron chi connectivity index (χ2n) is 5.25. The molecule has 0 unspecified atom stereocenters. The summed E-state index contributed by atoms with van der Waals surface area (Å²) in [4.78, 5) is 12.5. The fourth-order valence-corrected chi connectivity index (χ4v) is 2.43. The number of para-hydroxylation sites is 2. The number of amides is 1. The number of nitrogens with zero attached hydrogens (tertiary/aromatic N) is 1. The highest BCUT2D eigenvalue weighted by Crippen LogP contribution is 2.28. The number of carbonyl (C=O) groups is 1. The highest BCUT2D eigenvalue weighted by atomic mass is 16.5. The number of ether oxygens (including phenoxy) is 3. The number of carbonyl (C=O) groups excluding carboxylic acids is 1. The zero-order chi connectivity index (χ0) is 18.2. The van der Waals surface area contributed by atoms with Gasteiger partial charge in [0.1, 0.15) is 23.2 Å². The molecule has 0 spiro atoms. The van der Waals surface area contributed by atoms with Crippen LogP contribution >= 0.6 is 0 Å². The summed E-state index contributed by atoms with van der Waals surface area (Å²) in [7, 11) is 4.62. The van der Waals surface area contributed by atoms with E-state index in [2.05, 4.69) is 5.32 Å². The minimum Gasteiger partial charge on any atom is -0.497 e. The summed E-state index contributed by atoms with van der Waals surface area (Å²) in [5, 5.41) is 12.2. The van der Waals surface area contributed by atoms with E-state index in [0.29, 0.717) is 22.9 Å². The van der Waals surface area contributed by atoms with Crippen LogP contribution in [0.15, 0.2) is 42.5 Å². The lowest BCUT2D eigenvalue weighted by Crippen LogP contribution is -2.24. The molecule has 0 fully saturated rings. The standard InChI is InChI=1S/C19H20N2O4/c1-23-15-8-9-17(24-2)13(11-15)10-14(12-20)19(22)21-16-6-4-5-7-18(16)25-3/h4-9,11,14H,10H2,1-3H3,(H,21,22)/t14-/m0/s1. The van der Waals surface area contributed by atoms with Crippen LogP contribution in [-0.2, 0) is 11.2 Å². The monoisotopic (exact) mass is 340 g/mol. The third-order valence-corrected chi connectivity index (χ3v) is 3.75. The van der Waals surface area contributed by atoms with Crippen LogP contribution in [0.25, 0.3) is 0 Å². The Labute approximate surface area is 146 Å². The molecule has 0 aliphatic heterocycles. The molecular formula is C19H20N2O4. The van der Waals surface area contributed by atoms with E-state index >= 15 is 0 Å². The van der Waals surface area contributed by atoms with Gasteiger partial charge >= 0.3 is 0 Å². The van der Waals surface area contributed by atoms with Gasteiger partial charge in [-0.1, -0.05) is 12.1 Å². The van der Waals surface area contributed by atoms with Gasteiger partial charge < -0.3 is 19.5 Å². The molecule has 0 aliphatic rings. The van der Waals surface area contributed by atoms with Crippen molar-refractivity contribution in [3.8, 4) is 23.3 Å². The number of benzene rings is 2. The maximum absolute atomic E-state index is 12.5. The first kappa shape index (κ1) is 18.1. The van der Waals surface area contributed by atoms with Gasteiger partial charge in [-0.3, -0.25) is 4.79 Å². The summed E-state index contributed by atoms with van der Waals surface area (Å²) in [5.74, 6) is 0.484. The van der Waals surface area contributed by atoms with Crippen molar-refractivity contribution < 1.29 is 19.0 Å². The van der Waals surface area contributed by atoms with Crippen molar-refractivity contribution in [2.75, 3.05) is 26.6 Å². The minimum absolute atomic E-state index is 0.206. The van der Waals surface area contributed by atoms with Crippen LogP contribution in [0.3, 0.4) is 0 Å². The van der Waals surface area contributed by atoms with Crippen molar-refractivity contribution in [1.82, 2.24) is 0 Å². The number of methoxy groups -OCH3 is 3. The molecule has 130 valence electrons. The van der Waals surface area contributed by atoms with Gasteiger partial charge in [0.2, 0.25) is 5.91 Å². The maximum atomic E-state index is 12.5. The van der Waals surface area contributed by atoms with Gasteiger partial charge in [-0.05, 0) is 35.9 Å². The van der Waals surface area contributed by atoms with Crippen molar-refractivity contribution in [3.05, 3.63) is 48.0 Å². The average molecular weight is 340 g/mol. The SMILES string of the molecule is COc1ccc(OC)c(C[C@@H](C#N)C(=O)Nc2ccccc2OC)c1. The summed E-state index contributed by atoms with van der Waals surface area (Å²) in [6.45, 7) is 0. The van der Waals surface area contributed by atoms with Crippen LogP contribution in [0.5, 0.6) is 17.2 Å². The number of nitrogens with one attached hydrogen (secondary N) is 1. The van der Waals surface area contributed by atoms with Crippen molar-refractivity contribution in [3.63, 3.8) is 0 Å². The molecule has 0 bridgehead atoms. The second kappa shape index (κ2) is 8.60. The predicted octanol–water partition coefficient (Wildman–Crippen LogP) is 3.03. The first-order valence-corrected chi connectivity index (χ1v) is 7.67. The average Bonchev–Trinajstić information content (AvgIpc) is 2.66. The maximum Gasteiger partial charge on any atom is 0.242 e. The molecule has 0 saturated heterocycles. The Morgan fingerprint density at radius 2 is 1.80 bits per heavy atom. The van der Waals surface area contributed by atoms with Gasteiger partial charge in [0, 0.05) is 6.42 Å². The van der Waals surface area contributed by atoms with E-state index in [1.165, 1.54) is 7.11 Å². The molecule has 0 heterocycles. The number of hydrogen-bond donors (Lipinski definition) is 1. The van der Waals surface area contributed by atoms with Crippen molar-refractivity contribution in [2.45, 2.75) is 6.42 Å². The first-order valence-electron chi connectivity index (χ1n) is 7.67. The Bertz CT molecular complexity index is 783. The molecule has 6 heteroatoms. The Balaban J connectivity index is 2.20. The van der Waals surface area contributed by atoms with E-state index in [0.717, 1.165) is 5.56 Å². The number of nitriles is 1. The van der Waals surface area contributed by atoms with Crippen molar-refractivity contribution >= 4 is 11.6 Å². The zero-order valence-corrected chi connectivity index (χ0v) is 14.4. The van der Waals surface area contributed by atoms with Crippen molar-refractivity contribution in [1.29, 1.82) is 5.26 Å². The lowest BCUT2D eigenvalue weighted by Gasteiger charge is -2.15. The summed E-state index contributed by atoms with van der Waals surface area (Å²) in [5.41, 5.74) is 1.25. The molecule has 2 aromatic rings. The molecule has 2 aromatic carbocycles. The molecule has 25 heavy (non-hydrogen) atoms. The Kier molecular flexibility index (Phi) is 6.24. The third kappa shape index (κ3) is 4.42. The first-order chi connectivity index (χ1) is 12.1. The molecule has 1 atom stereocenters.